The van der Waals surface area contributed by atoms with Crippen LogP contribution in [0.15, 0.2) is 84.9 Å². The fourth-order valence-corrected chi connectivity index (χ4v) is 9.34. The number of rotatable bonds is 25. The normalized spacial score (nSPS) is 17.0. The minimum Gasteiger partial charge on any atom is -0.492 e. The van der Waals surface area contributed by atoms with E-state index in [4.69, 9.17) is 31.4 Å². The summed E-state index contributed by atoms with van der Waals surface area (Å²) in [5.74, 6) is -2.85. The second kappa shape index (κ2) is 29.0. The lowest BCUT2D eigenvalue weighted by atomic mass is 9.88. The number of benzene rings is 4. The number of hydrogen-bond acceptors (Lipinski definition) is 12. The molecule has 4 aromatic rings. The van der Waals surface area contributed by atoms with E-state index in [1.165, 1.54) is 38.7 Å². The minimum absolute atomic E-state index is 0.0218. The number of aryl methyl sites for hydroxylation is 2. The van der Waals surface area contributed by atoms with Crippen LogP contribution in [-0.4, -0.2) is 96.3 Å². The van der Waals surface area contributed by atoms with Gasteiger partial charge in [-0.05, 0) is 124 Å². The first-order valence-corrected chi connectivity index (χ1v) is 26.3. The lowest BCUT2D eigenvalue weighted by Crippen LogP contribution is -2.56. The van der Waals surface area contributed by atoms with Gasteiger partial charge in [0.25, 0.3) is 5.91 Å². The highest BCUT2D eigenvalue weighted by Gasteiger charge is 2.33. The Balaban J connectivity index is 1.43. The van der Waals surface area contributed by atoms with Gasteiger partial charge in [0.1, 0.15) is 48.6 Å². The van der Waals surface area contributed by atoms with E-state index in [0.29, 0.717) is 45.1 Å². The maximum Gasteiger partial charge on any atom is 0.333 e. The number of nitrogens with two attached hydrogens (primary N) is 3. The third-order valence-corrected chi connectivity index (χ3v) is 13.8. The van der Waals surface area contributed by atoms with Crippen LogP contribution in [0, 0.1) is 6.92 Å². The maximum atomic E-state index is 14.6. The zero-order valence-corrected chi connectivity index (χ0v) is 44.1. The average molecular weight is 1100 g/mol. The Morgan fingerprint density at radius 2 is 1.46 bits per heavy atom. The first-order valence-electron chi connectivity index (χ1n) is 25.1. The van der Waals surface area contributed by atoms with Crippen LogP contribution in [0.4, 0.5) is 0 Å². The summed E-state index contributed by atoms with van der Waals surface area (Å²) in [6.07, 6.45) is 7.36. The SMILES string of the molecule is CCCCCCCc1ccc(C(=O)N[C@@H](CCN)C(=O)C(I)CC[C@@H]2C(=O)N[C@@H](C)C(=O)N[C@H](C(=O)N[C@@H](C)C(=O)Oc3ccccc3)Cc3ccc(OCCN)c(c3)-c3cc2ccc3OCCN)c(C)c1. The second-order valence-electron chi connectivity index (χ2n) is 18.2. The molecule has 0 aliphatic carbocycles. The largest absolute Gasteiger partial charge is 0.492 e. The smallest absolute Gasteiger partial charge is 0.333 e. The van der Waals surface area contributed by atoms with Crippen molar-refractivity contribution in [2.45, 2.75) is 126 Å². The molecule has 72 heavy (non-hydrogen) atoms. The number of Topliss-reactive ketones (excluding diaryl/α,β-unsaturated/α-hetero) is 1. The summed E-state index contributed by atoms with van der Waals surface area (Å²) in [6.45, 7) is 8.02. The van der Waals surface area contributed by atoms with Crippen LogP contribution in [0.5, 0.6) is 17.2 Å². The van der Waals surface area contributed by atoms with Crippen molar-refractivity contribution in [2.24, 2.45) is 17.2 Å². The second-order valence-corrected chi connectivity index (χ2v) is 19.7. The highest BCUT2D eigenvalue weighted by atomic mass is 127. The summed E-state index contributed by atoms with van der Waals surface area (Å²) in [7, 11) is 0. The summed E-state index contributed by atoms with van der Waals surface area (Å²) in [6, 6.07) is 20.6. The third kappa shape index (κ3) is 16.6. The van der Waals surface area contributed by atoms with E-state index in [-0.39, 0.29) is 70.2 Å². The quantitative estimate of drug-likeness (QED) is 0.0135. The van der Waals surface area contributed by atoms with Crippen molar-refractivity contribution in [2.75, 3.05) is 32.8 Å². The van der Waals surface area contributed by atoms with Crippen LogP contribution in [0.25, 0.3) is 11.1 Å². The molecule has 0 saturated heterocycles. The standard InChI is InChI=1S/C55H72IN7O9/c1-5-6-7-8-10-13-37-16-19-41(34(2)30-37)52(66)62-46(24-25-57)50(64)45(56)21-20-42-39-18-23-49(71-29-27-59)44(33-39)43-31-38(17-22-48(43)70-28-26-58)32-47(63-51(65)35(3)60-53(42)67)54(68)61-36(4)55(69)72-40-14-11-9-12-15-40/h9,11-12,14-19,22-23,30-31,33,35-36,42,45-47H,5-8,10,13,20-21,24-29,32,57-59H2,1-4H3,(H,60,67)(H,61,68)(H,62,66)(H,63,65)/t35-,36-,42-,45?,46-,47-/m0/s1. The summed E-state index contributed by atoms with van der Waals surface area (Å²) in [4.78, 5) is 83.6. The maximum absolute atomic E-state index is 14.6. The van der Waals surface area contributed by atoms with Crippen LogP contribution in [0.2, 0.25) is 0 Å². The first-order chi connectivity index (χ1) is 34.7. The van der Waals surface area contributed by atoms with Crippen LogP contribution < -0.4 is 52.7 Å². The van der Waals surface area contributed by atoms with Gasteiger partial charge in [-0.3, -0.25) is 24.0 Å². The van der Waals surface area contributed by atoms with E-state index in [9.17, 15) is 28.8 Å². The fourth-order valence-electron chi connectivity index (χ4n) is 8.55. The van der Waals surface area contributed by atoms with Gasteiger partial charge < -0.3 is 52.7 Å². The Morgan fingerprint density at radius 1 is 0.778 bits per heavy atom. The first kappa shape index (κ1) is 57.0. The molecule has 16 nitrogen and oxygen atoms in total. The van der Waals surface area contributed by atoms with E-state index in [0.717, 1.165) is 24.8 Å². The van der Waals surface area contributed by atoms with Gasteiger partial charge >= 0.3 is 5.97 Å². The van der Waals surface area contributed by atoms with Gasteiger partial charge in [0.15, 0.2) is 5.78 Å². The van der Waals surface area contributed by atoms with Crippen LogP contribution in [-0.2, 0) is 36.8 Å². The van der Waals surface area contributed by atoms with E-state index < -0.39 is 57.7 Å². The van der Waals surface area contributed by atoms with E-state index in [2.05, 4.69) is 50.8 Å². The van der Waals surface area contributed by atoms with Gasteiger partial charge in [0, 0.05) is 36.2 Å². The molecule has 1 heterocycles. The number of carbonyl (C=O) groups excluding carboxylic acids is 6. The molecule has 1 unspecified atom stereocenters. The van der Waals surface area contributed by atoms with Crippen molar-refractivity contribution < 1.29 is 43.0 Å². The molecule has 0 fully saturated rings. The van der Waals surface area contributed by atoms with Gasteiger partial charge in [-0.25, -0.2) is 4.79 Å². The van der Waals surface area contributed by atoms with Crippen molar-refractivity contribution in [3.05, 3.63) is 113 Å². The molecule has 0 saturated carbocycles. The minimum atomic E-state index is -1.22. The number of fused-ring (bicyclic) bond motifs is 5. The molecule has 5 rings (SSSR count). The fraction of sp³-hybridized carbons (Fsp3) is 0.455. The highest BCUT2D eigenvalue weighted by molar-refractivity contribution is 14.1. The number of alkyl halides is 1. The Kier molecular flexibility index (Phi) is 22.9. The number of esters is 1. The molecule has 6 atom stereocenters. The highest BCUT2D eigenvalue weighted by Crippen LogP contribution is 2.40. The topological polar surface area (TPSA) is 256 Å². The van der Waals surface area contributed by atoms with Crippen molar-refractivity contribution in [3.63, 3.8) is 0 Å². The van der Waals surface area contributed by atoms with E-state index in [1.54, 1.807) is 54.6 Å². The number of nitrogens with one attached hydrogen (secondary N) is 4. The summed E-state index contributed by atoms with van der Waals surface area (Å²) in [5.41, 5.74) is 22.6. The number of amides is 4. The van der Waals surface area contributed by atoms with Crippen molar-refractivity contribution in [1.82, 2.24) is 21.3 Å². The van der Waals surface area contributed by atoms with Crippen molar-refractivity contribution in [3.8, 4) is 28.4 Å². The van der Waals surface area contributed by atoms with Crippen molar-refractivity contribution in [1.29, 1.82) is 0 Å². The molecule has 388 valence electrons. The molecule has 1 aliphatic heterocycles. The lowest BCUT2D eigenvalue weighted by Gasteiger charge is -2.26. The predicted octanol–water partition coefficient (Wildman–Crippen LogP) is 5.89. The zero-order chi connectivity index (χ0) is 52.2. The van der Waals surface area contributed by atoms with E-state index >= 15 is 0 Å². The number of halogens is 1. The molecule has 4 aromatic carbocycles. The zero-order valence-electron chi connectivity index (χ0n) is 41.9. The number of hydrogen-bond donors (Lipinski definition) is 7. The van der Waals surface area contributed by atoms with Gasteiger partial charge in [-0.2, -0.15) is 0 Å². The molecule has 17 heteroatoms. The Hall–Kier alpha value is -5.89. The number of ketones is 1. The molecule has 4 bridgehead atoms. The molecular formula is C55H72IN7O9. The summed E-state index contributed by atoms with van der Waals surface area (Å²) in [5, 5.41) is 11.3. The Morgan fingerprint density at radius 3 is 2.12 bits per heavy atom. The summed E-state index contributed by atoms with van der Waals surface area (Å²) >= 11 is 2.06. The molecule has 4 amide bonds. The predicted molar refractivity (Wildman–Crippen MR) is 287 cm³/mol. The number of ether oxygens (including phenoxy) is 3. The van der Waals surface area contributed by atoms with Gasteiger partial charge in [0.05, 0.1) is 15.9 Å². The Bertz CT molecular complexity index is 2470. The van der Waals surface area contributed by atoms with Crippen LogP contribution in [0.1, 0.15) is 111 Å². The molecular weight excluding hydrogens is 1030 g/mol. The molecule has 1 aliphatic rings. The number of para-hydroxylation sites is 1. The van der Waals surface area contributed by atoms with E-state index in [1.807, 2.05) is 37.3 Å². The van der Waals surface area contributed by atoms with Gasteiger partial charge in [0.2, 0.25) is 17.7 Å². The monoisotopic (exact) mass is 1100 g/mol. The number of unbranched alkanes of at least 4 members (excludes halogenated alkanes) is 4. The number of carbonyl (C=O) groups is 6. The third-order valence-electron chi connectivity index (χ3n) is 12.5. The molecule has 0 radical (unpaired) electrons. The van der Waals surface area contributed by atoms with Crippen LogP contribution in [0.3, 0.4) is 0 Å². The van der Waals surface area contributed by atoms with Crippen molar-refractivity contribution >= 4 is 58.0 Å². The molecule has 0 aromatic heterocycles. The van der Waals surface area contributed by atoms with Crippen LogP contribution >= 0.6 is 22.6 Å². The molecule has 0 spiro atoms. The summed E-state index contributed by atoms with van der Waals surface area (Å²) < 4.78 is 17.1. The van der Waals surface area contributed by atoms with Gasteiger partial charge in [-0.15, -0.1) is 0 Å². The molecule has 10 N–H and O–H groups in total. The van der Waals surface area contributed by atoms with Gasteiger partial charge in [-0.1, -0.05) is 97.7 Å². The Labute approximate surface area is 437 Å². The lowest BCUT2D eigenvalue weighted by molar-refractivity contribution is -0.139. The average Bonchev–Trinajstić information content (AvgIpc) is 3.36.